The molecule has 22 heavy (non-hydrogen) atoms. The Labute approximate surface area is 136 Å². The van der Waals surface area contributed by atoms with E-state index < -0.39 is 0 Å². The molecular weight excluding hydrogens is 300 g/mol. The second kappa shape index (κ2) is 6.47. The van der Waals surface area contributed by atoms with E-state index in [0.29, 0.717) is 13.1 Å². The summed E-state index contributed by atoms with van der Waals surface area (Å²) in [5.74, 6) is 0.224. The summed E-state index contributed by atoms with van der Waals surface area (Å²) in [6.07, 6.45) is 4.16. The molecule has 2 N–H and O–H groups in total. The number of carbonyl (C=O) groups is 1. The lowest BCUT2D eigenvalue weighted by atomic mass is 9.96. The van der Waals surface area contributed by atoms with Crippen molar-refractivity contribution < 1.29 is 9.90 Å². The molecule has 120 valence electrons. The summed E-state index contributed by atoms with van der Waals surface area (Å²) < 4.78 is 0. The molecule has 1 atom stereocenters. The summed E-state index contributed by atoms with van der Waals surface area (Å²) in [5.41, 5.74) is 1.28. The lowest BCUT2D eigenvalue weighted by molar-refractivity contribution is 0.129. The van der Waals surface area contributed by atoms with Gasteiger partial charge in [0, 0.05) is 36.7 Å². The highest BCUT2D eigenvalue weighted by atomic mass is 35.5. The number of aliphatic hydroxyl groups is 1. The topological polar surface area (TPSA) is 52.6 Å². The highest BCUT2D eigenvalue weighted by Crippen LogP contribution is 2.48. The molecule has 1 aliphatic carbocycles. The van der Waals surface area contributed by atoms with Crippen molar-refractivity contribution in [3.63, 3.8) is 0 Å². The van der Waals surface area contributed by atoms with Crippen LogP contribution < -0.4 is 5.32 Å². The number of nitrogens with one attached hydrogen (secondary N) is 1. The van der Waals surface area contributed by atoms with Crippen LogP contribution in [0, 0.1) is 5.92 Å². The third kappa shape index (κ3) is 3.39. The van der Waals surface area contributed by atoms with E-state index in [0.717, 1.165) is 37.3 Å². The molecule has 1 saturated heterocycles. The third-order valence-corrected chi connectivity index (χ3v) is 5.17. The van der Waals surface area contributed by atoms with Gasteiger partial charge in [0.15, 0.2) is 0 Å². The highest BCUT2D eigenvalue weighted by molar-refractivity contribution is 6.30. The van der Waals surface area contributed by atoms with Crippen molar-refractivity contribution >= 4 is 17.6 Å². The second-order valence-corrected chi connectivity index (χ2v) is 7.02. The van der Waals surface area contributed by atoms with Crippen LogP contribution in [0.4, 0.5) is 4.79 Å². The smallest absolute Gasteiger partial charge is 0.317 e. The third-order valence-electron chi connectivity index (χ3n) is 4.93. The van der Waals surface area contributed by atoms with E-state index in [1.54, 1.807) is 0 Å². The molecule has 1 unspecified atom stereocenters. The largest absolute Gasteiger partial charge is 0.396 e. The number of nitrogens with zero attached hydrogens (tertiary/aromatic N) is 1. The van der Waals surface area contributed by atoms with E-state index in [4.69, 9.17) is 11.6 Å². The van der Waals surface area contributed by atoms with Gasteiger partial charge in [0.1, 0.15) is 0 Å². The predicted octanol–water partition coefficient (Wildman–Crippen LogP) is 2.79. The van der Waals surface area contributed by atoms with Gasteiger partial charge < -0.3 is 15.3 Å². The number of hydrogen-bond donors (Lipinski definition) is 2. The standard InChI is InChI=1S/C17H23ClN2O2/c18-15-5-1-4-14(9-15)17(6-7-17)12-19-16(22)20-8-2-3-13(10-20)11-21/h1,4-5,9,13,21H,2-3,6-8,10-12H2,(H,19,22). The number of likely N-dealkylation sites (tertiary alicyclic amines) is 1. The first-order valence-corrected chi connectivity index (χ1v) is 8.40. The van der Waals surface area contributed by atoms with Crippen molar-refractivity contribution in [2.45, 2.75) is 31.1 Å². The van der Waals surface area contributed by atoms with E-state index in [9.17, 15) is 9.90 Å². The number of carbonyl (C=O) groups excluding carboxylic acids is 1. The van der Waals surface area contributed by atoms with Crippen LogP contribution in [0.1, 0.15) is 31.2 Å². The Kier molecular flexibility index (Phi) is 4.59. The van der Waals surface area contributed by atoms with Crippen LogP contribution in [0.15, 0.2) is 24.3 Å². The summed E-state index contributed by atoms with van der Waals surface area (Å²) in [5, 5.41) is 13.1. The van der Waals surface area contributed by atoms with Crippen LogP contribution in [-0.2, 0) is 5.41 Å². The summed E-state index contributed by atoms with van der Waals surface area (Å²) in [4.78, 5) is 14.2. The number of amides is 2. The van der Waals surface area contributed by atoms with Gasteiger partial charge in [-0.05, 0) is 49.3 Å². The molecule has 0 spiro atoms. The van der Waals surface area contributed by atoms with Gasteiger partial charge in [-0.1, -0.05) is 23.7 Å². The molecule has 2 amide bonds. The van der Waals surface area contributed by atoms with Crippen LogP contribution in [0.2, 0.25) is 5.02 Å². The molecule has 1 aliphatic heterocycles. The van der Waals surface area contributed by atoms with E-state index in [-0.39, 0.29) is 24.0 Å². The molecule has 0 bridgehead atoms. The van der Waals surface area contributed by atoms with Crippen molar-refractivity contribution in [3.8, 4) is 0 Å². The van der Waals surface area contributed by atoms with Crippen molar-refractivity contribution in [2.75, 3.05) is 26.2 Å². The Morgan fingerprint density at radius 2 is 2.27 bits per heavy atom. The molecule has 2 aliphatic rings. The van der Waals surface area contributed by atoms with E-state index >= 15 is 0 Å². The number of piperidine rings is 1. The molecule has 1 aromatic rings. The molecule has 1 saturated carbocycles. The minimum Gasteiger partial charge on any atom is -0.396 e. The molecule has 4 nitrogen and oxygen atoms in total. The van der Waals surface area contributed by atoms with Crippen molar-refractivity contribution in [1.29, 1.82) is 0 Å². The molecule has 0 aromatic heterocycles. The SMILES string of the molecule is O=C(NCC1(c2cccc(Cl)c2)CC1)N1CCCC(CO)C1. The Morgan fingerprint density at radius 3 is 2.95 bits per heavy atom. The molecule has 5 heteroatoms. The predicted molar refractivity (Wildman–Crippen MR) is 87.1 cm³/mol. The summed E-state index contributed by atoms with van der Waals surface area (Å²) in [6.45, 7) is 2.27. The van der Waals surface area contributed by atoms with E-state index in [2.05, 4.69) is 11.4 Å². The fraction of sp³-hybridized carbons (Fsp3) is 0.588. The molecule has 1 aromatic carbocycles. The zero-order chi connectivity index (χ0) is 15.6. The number of urea groups is 1. The van der Waals surface area contributed by atoms with Crippen molar-refractivity contribution in [3.05, 3.63) is 34.9 Å². The number of rotatable bonds is 4. The van der Waals surface area contributed by atoms with Gasteiger partial charge >= 0.3 is 6.03 Å². The van der Waals surface area contributed by atoms with E-state index in [1.807, 2.05) is 23.1 Å². The normalized spacial score (nSPS) is 23.2. The van der Waals surface area contributed by atoms with Gasteiger partial charge in [-0.3, -0.25) is 0 Å². The minimum absolute atomic E-state index is 0.00791. The Bertz CT molecular complexity index is 545. The van der Waals surface area contributed by atoms with Crippen LogP contribution in [0.25, 0.3) is 0 Å². The maximum atomic E-state index is 12.3. The number of benzene rings is 1. The molecular formula is C17H23ClN2O2. The molecule has 1 heterocycles. The van der Waals surface area contributed by atoms with Crippen molar-refractivity contribution in [1.82, 2.24) is 10.2 Å². The zero-order valence-corrected chi connectivity index (χ0v) is 13.5. The monoisotopic (exact) mass is 322 g/mol. The number of aliphatic hydroxyl groups excluding tert-OH is 1. The molecule has 0 radical (unpaired) electrons. The summed E-state index contributed by atoms with van der Waals surface area (Å²) in [7, 11) is 0. The van der Waals surface area contributed by atoms with Gasteiger partial charge in [-0.25, -0.2) is 4.79 Å². The van der Waals surface area contributed by atoms with Crippen LogP contribution >= 0.6 is 11.6 Å². The highest BCUT2D eigenvalue weighted by Gasteiger charge is 2.44. The van der Waals surface area contributed by atoms with Crippen LogP contribution in [0.5, 0.6) is 0 Å². The quantitative estimate of drug-likeness (QED) is 0.895. The number of halogens is 1. The van der Waals surface area contributed by atoms with Crippen molar-refractivity contribution in [2.24, 2.45) is 5.92 Å². The van der Waals surface area contributed by atoms with Gasteiger partial charge in [-0.2, -0.15) is 0 Å². The fourth-order valence-electron chi connectivity index (χ4n) is 3.29. The summed E-state index contributed by atoms with van der Waals surface area (Å²) in [6, 6.07) is 7.93. The second-order valence-electron chi connectivity index (χ2n) is 6.59. The molecule has 2 fully saturated rings. The average molecular weight is 323 g/mol. The van der Waals surface area contributed by atoms with Crippen LogP contribution in [0.3, 0.4) is 0 Å². The van der Waals surface area contributed by atoms with Crippen LogP contribution in [-0.4, -0.2) is 42.3 Å². The van der Waals surface area contributed by atoms with Gasteiger partial charge in [0.2, 0.25) is 0 Å². The average Bonchev–Trinajstić information content (AvgIpc) is 3.34. The Hall–Kier alpha value is -1.26. The zero-order valence-electron chi connectivity index (χ0n) is 12.7. The first-order chi connectivity index (χ1) is 10.6. The summed E-state index contributed by atoms with van der Waals surface area (Å²) >= 11 is 6.08. The Balaban J connectivity index is 1.57. The fourth-order valence-corrected chi connectivity index (χ4v) is 3.48. The maximum absolute atomic E-state index is 12.3. The minimum atomic E-state index is -0.00791. The first kappa shape index (κ1) is 15.6. The van der Waals surface area contributed by atoms with E-state index in [1.165, 1.54) is 5.56 Å². The van der Waals surface area contributed by atoms with Gasteiger partial charge in [0.05, 0.1) is 0 Å². The molecule has 3 rings (SSSR count). The Morgan fingerprint density at radius 1 is 1.45 bits per heavy atom. The first-order valence-electron chi connectivity index (χ1n) is 8.03. The van der Waals surface area contributed by atoms with Gasteiger partial charge in [0.25, 0.3) is 0 Å². The number of hydrogen-bond acceptors (Lipinski definition) is 2. The van der Waals surface area contributed by atoms with Gasteiger partial charge in [-0.15, -0.1) is 0 Å². The lowest BCUT2D eigenvalue weighted by Crippen LogP contribution is -2.47. The lowest BCUT2D eigenvalue weighted by Gasteiger charge is -2.32. The maximum Gasteiger partial charge on any atom is 0.317 e.